The molecule has 2 heterocycles. The van der Waals surface area contributed by atoms with Gasteiger partial charge in [-0.2, -0.15) is 0 Å². The minimum Gasteiger partial charge on any atom is -0.504 e. The number of esters is 1. The molecule has 0 aromatic heterocycles. The average Bonchev–Trinajstić information content (AvgIpc) is 2.47. The smallest absolute Gasteiger partial charge is 0.339 e. The third-order valence-electron chi connectivity index (χ3n) is 3.98. The number of rotatable bonds is 2. The maximum Gasteiger partial charge on any atom is 0.339 e. The zero-order valence-corrected chi connectivity index (χ0v) is 11.7. The first kappa shape index (κ1) is 14.9. The van der Waals surface area contributed by atoms with Crippen LogP contribution >= 0.6 is 0 Å². The first-order valence-corrected chi connectivity index (χ1v) is 6.76. The maximum absolute atomic E-state index is 12.0. The van der Waals surface area contributed by atoms with E-state index in [1.165, 1.54) is 7.11 Å². The van der Waals surface area contributed by atoms with Crippen molar-refractivity contribution in [1.82, 2.24) is 0 Å². The van der Waals surface area contributed by atoms with Crippen LogP contribution in [-0.2, 0) is 9.47 Å². The van der Waals surface area contributed by atoms with E-state index in [9.17, 15) is 25.2 Å². The lowest BCUT2D eigenvalue weighted by Gasteiger charge is -2.41. The van der Waals surface area contributed by atoms with Crippen LogP contribution in [0.2, 0.25) is 0 Å². The van der Waals surface area contributed by atoms with E-state index in [0.29, 0.717) is 0 Å². The van der Waals surface area contributed by atoms with Gasteiger partial charge in [-0.1, -0.05) is 0 Å². The molecule has 22 heavy (non-hydrogen) atoms. The molecular formula is C14H16O8. The SMILES string of the molecule is COc1c(O)cc2c(c1O)C1O[C@H](CO)C(O)CC1OC2=O. The molecule has 0 amide bonds. The molecule has 0 aliphatic carbocycles. The van der Waals surface area contributed by atoms with E-state index in [1.54, 1.807) is 0 Å². The molecule has 4 N–H and O–H groups in total. The highest BCUT2D eigenvalue weighted by atomic mass is 16.6. The first-order chi connectivity index (χ1) is 10.5. The fraction of sp³-hybridized carbons (Fsp3) is 0.500. The molecule has 8 nitrogen and oxygen atoms in total. The van der Waals surface area contributed by atoms with Crippen LogP contribution in [-0.4, -0.2) is 58.4 Å². The highest BCUT2D eigenvalue weighted by Gasteiger charge is 2.46. The van der Waals surface area contributed by atoms with Crippen LogP contribution in [0.5, 0.6) is 17.2 Å². The molecule has 2 aliphatic heterocycles. The zero-order valence-electron chi connectivity index (χ0n) is 11.7. The van der Waals surface area contributed by atoms with Crippen LogP contribution in [0.15, 0.2) is 6.07 Å². The van der Waals surface area contributed by atoms with Gasteiger partial charge in [0, 0.05) is 12.0 Å². The van der Waals surface area contributed by atoms with Crippen molar-refractivity contribution in [3.05, 3.63) is 17.2 Å². The number of fused-ring (bicyclic) bond motifs is 3. The number of aliphatic hydroxyl groups excluding tert-OH is 2. The van der Waals surface area contributed by atoms with E-state index >= 15 is 0 Å². The Morgan fingerprint density at radius 3 is 2.77 bits per heavy atom. The fourth-order valence-corrected chi connectivity index (χ4v) is 2.92. The first-order valence-electron chi connectivity index (χ1n) is 6.76. The van der Waals surface area contributed by atoms with Crippen molar-refractivity contribution in [3.8, 4) is 17.2 Å². The van der Waals surface area contributed by atoms with E-state index in [4.69, 9.17) is 14.2 Å². The third-order valence-corrected chi connectivity index (χ3v) is 3.98. The van der Waals surface area contributed by atoms with Gasteiger partial charge >= 0.3 is 5.97 Å². The molecule has 1 aromatic rings. The summed E-state index contributed by atoms with van der Waals surface area (Å²) in [4.78, 5) is 12.0. The maximum atomic E-state index is 12.0. The molecule has 0 bridgehead atoms. The van der Waals surface area contributed by atoms with Gasteiger partial charge in [-0.15, -0.1) is 0 Å². The Hall–Kier alpha value is -2.03. The van der Waals surface area contributed by atoms with E-state index < -0.39 is 48.5 Å². The van der Waals surface area contributed by atoms with Gasteiger partial charge < -0.3 is 34.6 Å². The van der Waals surface area contributed by atoms with Gasteiger partial charge in [0.2, 0.25) is 5.75 Å². The molecule has 0 radical (unpaired) electrons. The second-order valence-electron chi connectivity index (χ2n) is 5.26. The Morgan fingerprint density at radius 1 is 1.41 bits per heavy atom. The van der Waals surface area contributed by atoms with E-state index in [0.717, 1.165) is 6.07 Å². The number of phenolic OH excluding ortho intramolecular Hbond substituents is 2. The topological polar surface area (TPSA) is 126 Å². The quantitative estimate of drug-likeness (QED) is 0.555. The predicted octanol–water partition coefficient (Wildman–Crippen LogP) is -0.171. The highest BCUT2D eigenvalue weighted by molar-refractivity contribution is 5.94. The predicted molar refractivity (Wildman–Crippen MR) is 70.9 cm³/mol. The molecule has 0 saturated carbocycles. The monoisotopic (exact) mass is 312 g/mol. The van der Waals surface area contributed by atoms with Crippen molar-refractivity contribution in [2.45, 2.75) is 30.8 Å². The summed E-state index contributed by atoms with van der Waals surface area (Å²) in [6, 6.07) is 1.13. The van der Waals surface area contributed by atoms with Crippen LogP contribution in [0.3, 0.4) is 0 Å². The molecule has 3 unspecified atom stereocenters. The molecule has 2 aliphatic rings. The molecule has 1 aromatic carbocycles. The fourth-order valence-electron chi connectivity index (χ4n) is 2.92. The summed E-state index contributed by atoms with van der Waals surface area (Å²) < 4.78 is 15.7. The summed E-state index contributed by atoms with van der Waals surface area (Å²) in [5, 5.41) is 39.2. The van der Waals surface area contributed by atoms with Crippen molar-refractivity contribution < 1.29 is 39.4 Å². The third kappa shape index (κ3) is 2.07. The van der Waals surface area contributed by atoms with Gasteiger partial charge in [-0.25, -0.2) is 4.79 Å². The summed E-state index contributed by atoms with van der Waals surface area (Å²) in [6.45, 7) is -0.413. The van der Waals surface area contributed by atoms with Crippen molar-refractivity contribution in [2.24, 2.45) is 0 Å². The van der Waals surface area contributed by atoms with Crippen LogP contribution in [0.1, 0.15) is 28.4 Å². The van der Waals surface area contributed by atoms with Gasteiger partial charge in [0.05, 0.1) is 25.4 Å². The highest BCUT2D eigenvalue weighted by Crippen LogP contribution is 2.49. The van der Waals surface area contributed by atoms with Gasteiger partial charge in [-0.3, -0.25) is 0 Å². The van der Waals surface area contributed by atoms with Crippen molar-refractivity contribution in [1.29, 1.82) is 0 Å². The van der Waals surface area contributed by atoms with E-state index in [-0.39, 0.29) is 23.3 Å². The molecule has 1 saturated heterocycles. The number of hydrogen-bond donors (Lipinski definition) is 4. The van der Waals surface area contributed by atoms with Crippen LogP contribution in [0.4, 0.5) is 0 Å². The molecule has 4 atom stereocenters. The number of aliphatic hydroxyl groups is 2. The number of carbonyl (C=O) groups is 1. The molecule has 0 spiro atoms. The summed E-state index contributed by atoms with van der Waals surface area (Å²) in [5.41, 5.74) is 0.0892. The van der Waals surface area contributed by atoms with Crippen LogP contribution < -0.4 is 4.74 Å². The lowest BCUT2D eigenvalue weighted by molar-refractivity contribution is -0.187. The Kier molecular flexibility index (Phi) is 3.59. The van der Waals surface area contributed by atoms with Crippen molar-refractivity contribution in [2.75, 3.05) is 13.7 Å². The normalized spacial score (nSPS) is 30.2. The largest absolute Gasteiger partial charge is 0.504 e. The number of hydrogen-bond acceptors (Lipinski definition) is 8. The second kappa shape index (κ2) is 5.31. The summed E-state index contributed by atoms with van der Waals surface area (Å²) >= 11 is 0. The van der Waals surface area contributed by atoms with E-state index in [1.807, 2.05) is 0 Å². The molecular weight excluding hydrogens is 296 g/mol. The molecule has 3 rings (SSSR count). The summed E-state index contributed by atoms with van der Waals surface area (Å²) in [5.74, 6) is -1.73. The minimum absolute atomic E-state index is 0.0369. The number of ether oxygens (including phenoxy) is 3. The Balaban J connectivity index is 2.12. The lowest BCUT2D eigenvalue weighted by atomic mass is 9.88. The molecule has 120 valence electrons. The molecule has 8 heteroatoms. The zero-order chi connectivity index (χ0) is 16.0. The van der Waals surface area contributed by atoms with Gasteiger partial charge in [-0.05, 0) is 6.07 Å². The lowest BCUT2D eigenvalue weighted by Crippen LogP contribution is -2.48. The summed E-state index contributed by atoms with van der Waals surface area (Å²) in [6.07, 6.45) is -3.42. The number of methoxy groups -OCH3 is 1. The van der Waals surface area contributed by atoms with Crippen LogP contribution in [0.25, 0.3) is 0 Å². The van der Waals surface area contributed by atoms with Gasteiger partial charge in [0.25, 0.3) is 0 Å². The summed E-state index contributed by atoms with van der Waals surface area (Å²) in [7, 11) is 1.27. The number of aromatic hydroxyl groups is 2. The molecule has 1 fully saturated rings. The Morgan fingerprint density at radius 2 is 2.14 bits per heavy atom. The van der Waals surface area contributed by atoms with Crippen molar-refractivity contribution >= 4 is 5.97 Å². The Bertz CT molecular complexity index is 613. The minimum atomic E-state index is -0.984. The number of phenols is 2. The van der Waals surface area contributed by atoms with Gasteiger partial charge in [0.1, 0.15) is 18.3 Å². The number of carbonyl (C=O) groups excluding carboxylic acids is 1. The van der Waals surface area contributed by atoms with Gasteiger partial charge in [0.15, 0.2) is 11.5 Å². The standard InChI is InChI=1S/C14H16O8/c1-20-12-7(17)2-5-10(11(12)18)13-8(22-14(5)19)3-6(16)9(4-15)21-13/h2,6,8-9,13,15-18H,3-4H2,1H3/t6?,8?,9-,13?/m1/s1. The average molecular weight is 312 g/mol. The van der Waals surface area contributed by atoms with Crippen molar-refractivity contribution in [3.63, 3.8) is 0 Å². The van der Waals surface area contributed by atoms with E-state index in [2.05, 4.69) is 0 Å². The van der Waals surface area contributed by atoms with Crippen LogP contribution in [0, 0.1) is 0 Å². The Labute approximate surface area is 125 Å². The second-order valence-corrected chi connectivity index (χ2v) is 5.26. The number of benzene rings is 1.